The van der Waals surface area contributed by atoms with E-state index in [0.29, 0.717) is 24.9 Å². The number of nitrogens with one attached hydrogen (secondary N) is 4. The number of aliphatic hydroxyl groups excluding tert-OH is 1. The first-order valence-corrected chi connectivity index (χ1v) is 11.1. The van der Waals surface area contributed by atoms with Crippen molar-refractivity contribution in [3.05, 3.63) is 66.2 Å². The van der Waals surface area contributed by atoms with Gasteiger partial charge in [-0.05, 0) is 29.9 Å². The summed E-state index contributed by atoms with van der Waals surface area (Å²) in [5, 5.41) is 13.6. The summed E-state index contributed by atoms with van der Waals surface area (Å²) in [4.78, 5) is 13.7. The van der Waals surface area contributed by atoms with E-state index >= 15 is 0 Å². The number of hydrogen-bond acceptors (Lipinski definition) is 4. The van der Waals surface area contributed by atoms with Crippen molar-refractivity contribution in [1.29, 1.82) is 0 Å². The third-order valence-corrected chi connectivity index (χ3v) is 5.54. The Morgan fingerprint density at radius 3 is 2.39 bits per heavy atom. The molecule has 1 fully saturated rings. The van der Waals surface area contributed by atoms with Crippen LogP contribution in [0.15, 0.2) is 60.7 Å². The van der Waals surface area contributed by atoms with Gasteiger partial charge >= 0.3 is 0 Å². The Morgan fingerprint density at radius 2 is 1.71 bits per heavy atom. The van der Waals surface area contributed by atoms with Crippen LogP contribution in [0, 0.1) is 5.92 Å². The highest BCUT2D eigenvalue weighted by Gasteiger charge is 2.28. The molecule has 1 amide bonds. The zero-order valence-corrected chi connectivity index (χ0v) is 18.4. The first kappa shape index (κ1) is 23.1. The molecule has 0 unspecified atom stereocenters. The van der Waals surface area contributed by atoms with E-state index in [2.05, 4.69) is 16.2 Å². The molecule has 0 aliphatic carbocycles. The van der Waals surface area contributed by atoms with Gasteiger partial charge in [-0.3, -0.25) is 15.6 Å². The number of rotatable bonds is 8. The maximum Gasteiger partial charge on any atom is 0.241 e. The second kappa shape index (κ2) is 12.4. The van der Waals surface area contributed by atoms with E-state index in [4.69, 9.17) is 17.0 Å². The van der Waals surface area contributed by atoms with Crippen LogP contribution >= 0.6 is 12.2 Å². The summed E-state index contributed by atoms with van der Waals surface area (Å²) in [5.41, 5.74) is 7.42. The van der Waals surface area contributed by atoms with Crippen molar-refractivity contribution in [3.8, 4) is 0 Å². The van der Waals surface area contributed by atoms with Crippen molar-refractivity contribution in [2.75, 3.05) is 31.6 Å². The molecule has 3 rings (SSSR count). The second-order valence-corrected chi connectivity index (χ2v) is 8.23. The van der Waals surface area contributed by atoms with Crippen molar-refractivity contribution in [3.63, 3.8) is 0 Å². The summed E-state index contributed by atoms with van der Waals surface area (Å²) in [5.74, 6) is -0.106. The highest BCUT2D eigenvalue weighted by molar-refractivity contribution is 7.80. The summed E-state index contributed by atoms with van der Waals surface area (Å²) in [6.45, 7) is 3.15. The van der Waals surface area contributed by atoms with E-state index in [1.165, 1.54) is 4.90 Å². The molecule has 2 aromatic rings. The third-order valence-electron chi connectivity index (χ3n) is 5.34. The monoisotopic (exact) mass is 443 g/mol. The third kappa shape index (κ3) is 8.26. The normalized spacial score (nSPS) is 19.3. The lowest BCUT2D eigenvalue weighted by Gasteiger charge is -2.30. The van der Waals surface area contributed by atoms with Crippen LogP contribution in [0.3, 0.4) is 0 Å². The minimum Gasteiger partial charge on any atom is -0.385 e. The molecular weight excluding hydrogens is 412 g/mol. The Labute approximate surface area is 188 Å². The number of anilines is 1. The van der Waals surface area contributed by atoms with Crippen LogP contribution in [0.5, 0.6) is 0 Å². The van der Waals surface area contributed by atoms with E-state index in [-0.39, 0.29) is 11.8 Å². The van der Waals surface area contributed by atoms with Crippen molar-refractivity contribution >= 4 is 28.9 Å². The van der Waals surface area contributed by atoms with E-state index in [0.717, 1.165) is 37.2 Å². The van der Waals surface area contributed by atoms with Crippen LogP contribution in [0.25, 0.3) is 0 Å². The molecule has 8 heteroatoms. The number of para-hydroxylation sites is 1. The average Bonchev–Trinajstić information content (AvgIpc) is 2.79. The number of benzene rings is 2. The fourth-order valence-corrected chi connectivity index (χ4v) is 3.84. The molecule has 0 aromatic heterocycles. The molecule has 31 heavy (non-hydrogen) atoms. The molecule has 0 bridgehead atoms. The van der Waals surface area contributed by atoms with Crippen molar-refractivity contribution < 1.29 is 19.5 Å². The molecule has 2 aromatic carbocycles. The Hall–Kier alpha value is -2.52. The number of amides is 1. The van der Waals surface area contributed by atoms with Gasteiger partial charge in [-0.2, -0.15) is 0 Å². The zero-order chi connectivity index (χ0) is 21.9. The number of thiocarbonyl (C=S) groups is 1. The molecule has 5 N–H and O–H groups in total. The molecule has 1 heterocycles. The first-order valence-electron chi connectivity index (χ1n) is 10.7. The number of ether oxygens (including phenoxy) is 1. The van der Waals surface area contributed by atoms with Crippen molar-refractivity contribution in [1.82, 2.24) is 10.9 Å². The minimum atomic E-state index is -0.507. The number of hydrazine groups is 1. The maximum absolute atomic E-state index is 12.4. The number of carbonyl (C=O) groups excluding carboxylic acids is 1. The molecule has 1 aliphatic heterocycles. The topological polar surface area (TPSA) is 87.1 Å². The van der Waals surface area contributed by atoms with Crippen LogP contribution in [0.2, 0.25) is 0 Å². The zero-order valence-electron chi connectivity index (χ0n) is 17.5. The van der Waals surface area contributed by atoms with Gasteiger partial charge in [0.1, 0.15) is 12.6 Å². The number of carbonyl (C=O) groups is 1. The van der Waals surface area contributed by atoms with Crippen LogP contribution in [-0.2, 0) is 16.1 Å². The number of quaternary nitrogens is 1. The molecule has 166 valence electrons. The van der Waals surface area contributed by atoms with Crippen LogP contribution in [-0.4, -0.2) is 48.5 Å². The first-order chi connectivity index (χ1) is 15.1. The number of aliphatic hydroxyl groups is 1. The molecule has 1 aliphatic rings. The standard InChI is InChI=1S/C23H30N4O3S/c28-21(17-30-16-18-7-3-1-4-8-18)15-27-13-11-19(12-14-27)22(29)25-26-23(31)24-20-9-5-2-6-10-20/h1-10,19,21,28H,11-17H2,(H,25,29)(H2,24,26,31)/p+1/t21-/m0/s1. The van der Waals surface area contributed by atoms with Gasteiger partial charge in [0, 0.05) is 18.5 Å². The summed E-state index contributed by atoms with van der Waals surface area (Å²) in [6, 6.07) is 19.5. The number of likely N-dealkylation sites (tertiary alicyclic amines) is 1. The van der Waals surface area contributed by atoms with Gasteiger partial charge in [-0.25, -0.2) is 0 Å². The van der Waals surface area contributed by atoms with Crippen molar-refractivity contribution in [2.24, 2.45) is 5.92 Å². The Bertz CT molecular complexity index is 814. The molecular formula is C23H31N4O3S+. The summed E-state index contributed by atoms with van der Waals surface area (Å²) in [6.07, 6.45) is 1.05. The van der Waals surface area contributed by atoms with E-state index < -0.39 is 6.10 Å². The maximum atomic E-state index is 12.4. The number of hydrogen-bond donors (Lipinski definition) is 5. The fraction of sp³-hybridized carbons (Fsp3) is 0.391. The van der Waals surface area contributed by atoms with E-state index in [9.17, 15) is 9.90 Å². The lowest BCUT2D eigenvalue weighted by molar-refractivity contribution is -0.908. The van der Waals surface area contributed by atoms with Crippen LogP contribution in [0.1, 0.15) is 18.4 Å². The van der Waals surface area contributed by atoms with E-state index in [1.807, 2.05) is 60.7 Å². The molecule has 0 saturated carbocycles. The quantitative estimate of drug-likeness (QED) is 0.308. The van der Waals surface area contributed by atoms with Gasteiger partial charge < -0.3 is 20.1 Å². The van der Waals surface area contributed by atoms with Gasteiger partial charge in [-0.15, -0.1) is 0 Å². The van der Waals surface area contributed by atoms with Gasteiger partial charge in [-0.1, -0.05) is 48.5 Å². The SMILES string of the molecule is O=C(NNC(=S)Nc1ccccc1)C1CC[NH+](C[C@H](O)COCc2ccccc2)CC1. The predicted molar refractivity (Wildman–Crippen MR) is 124 cm³/mol. The van der Waals surface area contributed by atoms with Crippen molar-refractivity contribution in [2.45, 2.75) is 25.6 Å². The smallest absolute Gasteiger partial charge is 0.241 e. The minimum absolute atomic E-state index is 0.0528. The second-order valence-electron chi connectivity index (χ2n) is 7.82. The van der Waals surface area contributed by atoms with Gasteiger partial charge in [0.05, 0.1) is 32.2 Å². The highest BCUT2D eigenvalue weighted by atomic mass is 32.1. The molecule has 7 nitrogen and oxygen atoms in total. The number of piperidine rings is 1. The van der Waals surface area contributed by atoms with Crippen LogP contribution < -0.4 is 21.1 Å². The molecule has 1 atom stereocenters. The molecule has 0 spiro atoms. The summed E-state index contributed by atoms with van der Waals surface area (Å²) >= 11 is 5.21. The molecule has 1 saturated heterocycles. The van der Waals surface area contributed by atoms with Gasteiger partial charge in [0.2, 0.25) is 5.91 Å². The van der Waals surface area contributed by atoms with E-state index in [1.54, 1.807) is 0 Å². The average molecular weight is 444 g/mol. The Balaban J connectivity index is 1.28. The highest BCUT2D eigenvalue weighted by Crippen LogP contribution is 2.09. The summed E-state index contributed by atoms with van der Waals surface area (Å²) < 4.78 is 5.63. The fourth-order valence-electron chi connectivity index (χ4n) is 3.68. The van der Waals surface area contributed by atoms with Crippen LogP contribution in [0.4, 0.5) is 5.69 Å². The Morgan fingerprint density at radius 1 is 1.06 bits per heavy atom. The summed E-state index contributed by atoms with van der Waals surface area (Å²) in [7, 11) is 0. The Kier molecular flexibility index (Phi) is 9.23. The molecule has 0 radical (unpaired) electrons. The van der Waals surface area contributed by atoms with Gasteiger partial charge in [0.15, 0.2) is 5.11 Å². The largest absolute Gasteiger partial charge is 0.385 e. The predicted octanol–water partition coefficient (Wildman–Crippen LogP) is 0.877. The lowest BCUT2D eigenvalue weighted by atomic mass is 9.96. The lowest BCUT2D eigenvalue weighted by Crippen LogP contribution is -3.14. The van der Waals surface area contributed by atoms with Gasteiger partial charge in [0.25, 0.3) is 0 Å².